The molecule has 0 bridgehead atoms. The molecule has 0 radical (unpaired) electrons. The molecule has 0 fully saturated rings. The van der Waals surface area contributed by atoms with Gasteiger partial charge < -0.3 is 9.90 Å². The van der Waals surface area contributed by atoms with Crippen LogP contribution in [-0.4, -0.2) is 14.4 Å². The van der Waals surface area contributed by atoms with E-state index < -0.39 is 33.3 Å². The summed E-state index contributed by atoms with van der Waals surface area (Å²) >= 11 is 0. The van der Waals surface area contributed by atoms with Crippen LogP contribution in [0.25, 0.3) is 0 Å². The molecule has 0 spiro atoms. The number of benzene rings is 2. The summed E-state index contributed by atoms with van der Waals surface area (Å²) in [5.74, 6) is -2.88. The lowest BCUT2D eigenvalue weighted by Gasteiger charge is -2.10. The standard InChI is InChI=1S/C15H13F2NO4S/c16-11-4-7-13(17)14(9-11)18-23(21,22)12-5-1-10(2-6-12)3-8-15(19)20/h1-2,4-7,9,18H,3,8H2,(H,19,20)/p-1. The molecule has 0 unspecified atom stereocenters. The number of aryl methyl sites for hydroxylation is 1. The van der Waals surface area contributed by atoms with Crippen molar-refractivity contribution in [1.29, 1.82) is 0 Å². The Hall–Kier alpha value is -2.48. The molecule has 0 aliphatic carbocycles. The van der Waals surface area contributed by atoms with Crippen LogP contribution in [0, 0.1) is 11.6 Å². The molecule has 0 atom stereocenters. The maximum atomic E-state index is 13.5. The van der Waals surface area contributed by atoms with E-state index >= 15 is 0 Å². The van der Waals surface area contributed by atoms with Crippen LogP contribution in [-0.2, 0) is 21.2 Å². The SMILES string of the molecule is O=C([O-])CCc1ccc(S(=O)(=O)Nc2cc(F)ccc2F)cc1. The molecular weight excluding hydrogens is 328 g/mol. The molecule has 2 rings (SSSR count). The minimum atomic E-state index is -4.09. The van der Waals surface area contributed by atoms with Gasteiger partial charge in [0.15, 0.2) is 0 Å². The van der Waals surface area contributed by atoms with Gasteiger partial charge in [-0.05, 0) is 42.7 Å². The second-order valence-electron chi connectivity index (χ2n) is 4.75. The number of aliphatic carboxylic acids is 1. The fourth-order valence-electron chi connectivity index (χ4n) is 1.86. The van der Waals surface area contributed by atoms with Crippen LogP contribution < -0.4 is 9.83 Å². The average molecular weight is 340 g/mol. The van der Waals surface area contributed by atoms with Crippen molar-refractivity contribution in [2.45, 2.75) is 17.7 Å². The smallest absolute Gasteiger partial charge is 0.261 e. The van der Waals surface area contributed by atoms with E-state index in [1.807, 2.05) is 4.72 Å². The number of hydrogen-bond acceptors (Lipinski definition) is 4. The third kappa shape index (κ3) is 4.49. The Kier molecular flexibility index (Phi) is 4.95. The Morgan fingerprint density at radius 2 is 1.74 bits per heavy atom. The highest BCUT2D eigenvalue weighted by molar-refractivity contribution is 7.92. The van der Waals surface area contributed by atoms with Gasteiger partial charge in [0.2, 0.25) is 0 Å². The number of carbonyl (C=O) groups excluding carboxylic acids is 1. The number of carbonyl (C=O) groups is 1. The predicted octanol–water partition coefficient (Wildman–Crippen LogP) is 1.45. The van der Waals surface area contributed by atoms with E-state index in [2.05, 4.69) is 0 Å². The van der Waals surface area contributed by atoms with Crippen molar-refractivity contribution in [3.05, 3.63) is 59.7 Å². The first-order valence-corrected chi connectivity index (χ1v) is 8.03. The summed E-state index contributed by atoms with van der Waals surface area (Å²) in [5, 5.41) is 10.4. The van der Waals surface area contributed by atoms with E-state index in [9.17, 15) is 27.1 Å². The monoisotopic (exact) mass is 340 g/mol. The van der Waals surface area contributed by atoms with Gasteiger partial charge in [0.25, 0.3) is 10.0 Å². The van der Waals surface area contributed by atoms with Crippen LogP contribution in [0.3, 0.4) is 0 Å². The number of hydrogen-bond donors (Lipinski definition) is 1. The molecule has 0 aromatic heterocycles. The lowest BCUT2D eigenvalue weighted by molar-refractivity contribution is -0.305. The van der Waals surface area contributed by atoms with E-state index in [1.165, 1.54) is 24.3 Å². The number of anilines is 1. The van der Waals surface area contributed by atoms with Gasteiger partial charge in [0.05, 0.1) is 10.6 Å². The van der Waals surface area contributed by atoms with Gasteiger partial charge in [-0.15, -0.1) is 0 Å². The summed E-state index contributed by atoms with van der Waals surface area (Å²) in [6.07, 6.45) is 0.0213. The predicted molar refractivity (Wildman–Crippen MR) is 76.9 cm³/mol. The highest BCUT2D eigenvalue weighted by atomic mass is 32.2. The molecule has 2 aromatic rings. The fraction of sp³-hybridized carbons (Fsp3) is 0.133. The first-order chi connectivity index (χ1) is 10.8. The van der Waals surface area contributed by atoms with E-state index in [0.29, 0.717) is 5.56 Å². The zero-order valence-corrected chi connectivity index (χ0v) is 12.6. The zero-order valence-electron chi connectivity index (χ0n) is 11.8. The molecule has 0 saturated carbocycles. The Bertz CT molecular complexity index is 820. The molecule has 0 amide bonds. The lowest BCUT2D eigenvalue weighted by atomic mass is 10.1. The van der Waals surface area contributed by atoms with Crippen molar-refractivity contribution in [3.8, 4) is 0 Å². The van der Waals surface area contributed by atoms with Crippen LogP contribution in [0.15, 0.2) is 47.4 Å². The molecule has 0 aliphatic rings. The Balaban J connectivity index is 2.19. The van der Waals surface area contributed by atoms with Crippen molar-refractivity contribution in [2.24, 2.45) is 0 Å². The second-order valence-corrected chi connectivity index (χ2v) is 6.43. The molecular formula is C15H12F2NO4S-. The van der Waals surface area contributed by atoms with Gasteiger partial charge in [0, 0.05) is 12.0 Å². The van der Waals surface area contributed by atoms with E-state index in [-0.39, 0.29) is 17.7 Å². The molecule has 23 heavy (non-hydrogen) atoms. The third-order valence-corrected chi connectivity index (χ3v) is 4.41. The fourth-order valence-corrected chi connectivity index (χ4v) is 2.92. The summed E-state index contributed by atoms with van der Waals surface area (Å²) < 4.78 is 52.8. The summed E-state index contributed by atoms with van der Waals surface area (Å²) in [5.41, 5.74) is 0.121. The zero-order chi connectivity index (χ0) is 17.0. The molecule has 1 N–H and O–H groups in total. The van der Waals surface area contributed by atoms with E-state index in [0.717, 1.165) is 18.2 Å². The number of sulfonamides is 1. The molecule has 5 nitrogen and oxygen atoms in total. The second kappa shape index (κ2) is 6.74. The normalized spacial score (nSPS) is 11.2. The minimum Gasteiger partial charge on any atom is -0.550 e. The molecule has 0 saturated heterocycles. The lowest BCUT2D eigenvalue weighted by Crippen LogP contribution is -2.22. The number of carboxylic acid groups (broad SMARTS) is 1. The highest BCUT2D eigenvalue weighted by Crippen LogP contribution is 2.20. The topological polar surface area (TPSA) is 86.3 Å². The number of rotatable bonds is 6. The van der Waals surface area contributed by atoms with Crippen LogP contribution in [0.2, 0.25) is 0 Å². The van der Waals surface area contributed by atoms with Crippen molar-refractivity contribution in [2.75, 3.05) is 4.72 Å². The molecule has 0 heterocycles. The van der Waals surface area contributed by atoms with Crippen molar-refractivity contribution in [1.82, 2.24) is 0 Å². The van der Waals surface area contributed by atoms with Crippen molar-refractivity contribution in [3.63, 3.8) is 0 Å². The third-order valence-electron chi connectivity index (χ3n) is 3.02. The first-order valence-electron chi connectivity index (χ1n) is 6.54. The Morgan fingerprint density at radius 3 is 2.35 bits per heavy atom. The van der Waals surface area contributed by atoms with Crippen LogP contribution >= 0.6 is 0 Å². The summed E-state index contributed by atoms with van der Waals surface area (Å²) in [6.45, 7) is 0. The van der Waals surface area contributed by atoms with E-state index in [1.54, 1.807) is 0 Å². The van der Waals surface area contributed by atoms with Crippen LogP contribution in [0.4, 0.5) is 14.5 Å². The minimum absolute atomic E-state index is 0.154. The van der Waals surface area contributed by atoms with Gasteiger partial charge in [-0.3, -0.25) is 4.72 Å². The van der Waals surface area contributed by atoms with E-state index in [4.69, 9.17) is 0 Å². The van der Waals surface area contributed by atoms with Crippen LogP contribution in [0.1, 0.15) is 12.0 Å². The number of nitrogens with one attached hydrogen (secondary N) is 1. The number of halogens is 2. The van der Waals surface area contributed by atoms with Crippen molar-refractivity contribution < 1.29 is 27.1 Å². The maximum Gasteiger partial charge on any atom is 0.261 e. The molecule has 122 valence electrons. The largest absolute Gasteiger partial charge is 0.550 e. The quantitative estimate of drug-likeness (QED) is 0.862. The Labute approximate surface area is 131 Å². The summed E-state index contributed by atoms with van der Waals surface area (Å²) in [7, 11) is -4.09. The van der Waals surface area contributed by atoms with Crippen LogP contribution in [0.5, 0.6) is 0 Å². The van der Waals surface area contributed by atoms with Gasteiger partial charge in [-0.1, -0.05) is 12.1 Å². The molecule has 2 aromatic carbocycles. The van der Waals surface area contributed by atoms with Gasteiger partial charge in [-0.2, -0.15) is 0 Å². The van der Waals surface area contributed by atoms with Gasteiger partial charge in [0.1, 0.15) is 11.6 Å². The summed E-state index contributed by atoms with van der Waals surface area (Å²) in [6, 6.07) is 7.82. The first kappa shape index (κ1) is 16.9. The number of carboxylic acids is 1. The maximum absolute atomic E-state index is 13.5. The average Bonchev–Trinajstić information content (AvgIpc) is 2.49. The van der Waals surface area contributed by atoms with Gasteiger partial charge in [-0.25, -0.2) is 17.2 Å². The van der Waals surface area contributed by atoms with Crippen molar-refractivity contribution >= 4 is 21.7 Å². The highest BCUT2D eigenvalue weighted by Gasteiger charge is 2.16. The molecule has 0 aliphatic heterocycles. The van der Waals surface area contributed by atoms with Gasteiger partial charge >= 0.3 is 0 Å². The Morgan fingerprint density at radius 1 is 1.09 bits per heavy atom. The molecule has 8 heteroatoms. The summed E-state index contributed by atoms with van der Waals surface area (Å²) in [4.78, 5) is 10.2.